The molecule has 0 radical (unpaired) electrons. The third-order valence-electron chi connectivity index (χ3n) is 9.22. The maximum atomic E-state index is 15.5. The van der Waals surface area contributed by atoms with Crippen molar-refractivity contribution in [1.29, 1.82) is 0 Å². The van der Waals surface area contributed by atoms with Crippen molar-refractivity contribution >= 4 is 39.6 Å². The number of benzene rings is 4. The highest BCUT2D eigenvalue weighted by molar-refractivity contribution is 6.10. The van der Waals surface area contributed by atoms with Crippen LogP contribution in [-0.4, -0.2) is 51.6 Å². The van der Waals surface area contributed by atoms with E-state index >= 15 is 4.39 Å². The van der Waals surface area contributed by atoms with Crippen molar-refractivity contribution in [2.75, 3.05) is 25.2 Å². The second-order valence-electron chi connectivity index (χ2n) is 12.1. The van der Waals surface area contributed by atoms with E-state index in [1.165, 1.54) is 13.2 Å². The summed E-state index contributed by atoms with van der Waals surface area (Å²) in [6, 6.07) is 31.4. The van der Waals surface area contributed by atoms with Crippen LogP contribution in [-0.2, 0) is 17.7 Å². The van der Waals surface area contributed by atoms with Gasteiger partial charge in [0.1, 0.15) is 17.2 Å². The molecule has 1 aliphatic rings. The SMILES string of the molecule is CCc1nc2ccccc2n1C1CCN(Cc2c(-c3ccccc3)nc3c(F)cccc3c2C(=O)NN(C(=O)OC)c2ccccc2)CC1. The Kier molecular flexibility index (Phi) is 9.04. The summed E-state index contributed by atoms with van der Waals surface area (Å²) in [6.45, 7) is 4.08. The van der Waals surface area contributed by atoms with Gasteiger partial charge in [0.2, 0.25) is 0 Å². The summed E-state index contributed by atoms with van der Waals surface area (Å²) in [4.78, 5) is 39.5. The third kappa shape index (κ3) is 6.23. The summed E-state index contributed by atoms with van der Waals surface area (Å²) in [5.41, 5.74) is 7.61. The summed E-state index contributed by atoms with van der Waals surface area (Å²) in [7, 11) is 1.25. The van der Waals surface area contributed by atoms with Crippen LogP contribution in [0.2, 0.25) is 0 Å². The molecule has 0 aliphatic carbocycles. The molecule has 248 valence electrons. The Morgan fingerprint density at radius 2 is 1.59 bits per heavy atom. The second kappa shape index (κ2) is 13.9. The molecule has 3 heterocycles. The van der Waals surface area contributed by atoms with Gasteiger partial charge in [-0.05, 0) is 43.2 Å². The Morgan fingerprint density at radius 3 is 2.31 bits per heavy atom. The number of carbonyl (C=O) groups is 2. The number of methoxy groups -OCH3 is 1. The standard InChI is InChI=1S/C39H37FN6O3/c1-3-34-41-32-19-10-11-20-33(32)45(34)27-21-23-44(24-22-27)25-30-35(38(47)43-46(39(48)49-2)28-15-8-5-9-16-28)29-17-12-18-31(40)37(29)42-36(30)26-13-6-4-7-14-26/h4-20,27H,3,21-25H2,1-2H3,(H,43,47). The molecule has 1 saturated heterocycles. The average molecular weight is 657 g/mol. The molecule has 0 bridgehead atoms. The van der Waals surface area contributed by atoms with Crippen LogP contribution in [0.4, 0.5) is 14.9 Å². The van der Waals surface area contributed by atoms with Crippen molar-refractivity contribution < 1.29 is 18.7 Å². The Labute approximate surface area is 283 Å². The molecule has 9 nitrogen and oxygen atoms in total. The van der Waals surface area contributed by atoms with Crippen LogP contribution in [0.25, 0.3) is 33.2 Å². The number of piperidine rings is 1. The zero-order chi connectivity index (χ0) is 33.9. The number of nitrogens with zero attached hydrogens (tertiary/aromatic N) is 5. The minimum Gasteiger partial charge on any atom is -0.451 e. The smallest absolute Gasteiger partial charge is 0.433 e. The van der Waals surface area contributed by atoms with Crippen molar-refractivity contribution in [2.45, 2.75) is 38.8 Å². The lowest BCUT2D eigenvalue weighted by molar-refractivity contribution is 0.0939. The number of hydrazine groups is 1. The molecule has 0 unspecified atom stereocenters. The van der Waals surface area contributed by atoms with Crippen molar-refractivity contribution in [1.82, 2.24) is 24.9 Å². The topological polar surface area (TPSA) is 92.6 Å². The second-order valence-corrected chi connectivity index (χ2v) is 12.1. The van der Waals surface area contributed by atoms with E-state index in [1.807, 2.05) is 42.5 Å². The largest absolute Gasteiger partial charge is 0.451 e. The van der Waals surface area contributed by atoms with Crippen LogP contribution in [0, 0.1) is 5.82 Å². The van der Waals surface area contributed by atoms with Crippen LogP contribution in [0.3, 0.4) is 0 Å². The number of nitrogens with one attached hydrogen (secondary N) is 1. The highest BCUT2D eigenvalue weighted by atomic mass is 19.1. The number of rotatable bonds is 7. The molecule has 4 aromatic carbocycles. The molecule has 2 amide bonds. The highest BCUT2D eigenvalue weighted by Gasteiger charge is 2.30. The van der Waals surface area contributed by atoms with Crippen LogP contribution in [0.1, 0.15) is 47.6 Å². The molecular weight excluding hydrogens is 619 g/mol. The van der Waals surface area contributed by atoms with E-state index in [-0.39, 0.29) is 11.1 Å². The Morgan fingerprint density at radius 1 is 0.898 bits per heavy atom. The van der Waals surface area contributed by atoms with Gasteiger partial charge in [-0.15, -0.1) is 0 Å². The van der Waals surface area contributed by atoms with Gasteiger partial charge in [0.25, 0.3) is 5.91 Å². The number of anilines is 1. The van der Waals surface area contributed by atoms with Gasteiger partial charge in [-0.1, -0.05) is 79.7 Å². The first-order valence-electron chi connectivity index (χ1n) is 16.6. The van der Waals surface area contributed by atoms with Crippen molar-refractivity contribution in [2.24, 2.45) is 0 Å². The third-order valence-corrected chi connectivity index (χ3v) is 9.22. The predicted octanol–water partition coefficient (Wildman–Crippen LogP) is 7.71. The number of carbonyl (C=O) groups excluding carboxylic acids is 2. The van der Waals surface area contributed by atoms with Gasteiger partial charge in [-0.25, -0.2) is 19.2 Å². The van der Waals surface area contributed by atoms with Gasteiger partial charge >= 0.3 is 6.09 Å². The molecule has 1 aliphatic heterocycles. The maximum Gasteiger partial charge on any atom is 0.433 e. The number of halogens is 1. The lowest BCUT2D eigenvalue weighted by atomic mass is 9.94. The van der Waals surface area contributed by atoms with Gasteiger partial charge in [0.15, 0.2) is 0 Å². The summed E-state index contributed by atoms with van der Waals surface area (Å²) in [5, 5.41) is 1.42. The van der Waals surface area contributed by atoms with E-state index in [1.54, 1.807) is 36.4 Å². The number of hydrogen-bond acceptors (Lipinski definition) is 6. The molecule has 2 aromatic heterocycles. The number of amides is 2. The van der Waals surface area contributed by atoms with Crippen LogP contribution >= 0.6 is 0 Å². The molecule has 0 saturated carbocycles. The normalized spacial score (nSPS) is 13.9. The molecule has 10 heteroatoms. The molecule has 1 fully saturated rings. The van der Waals surface area contributed by atoms with E-state index < -0.39 is 17.8 Å². The number of aromatic nitrogens is 3. The number of ether oxygens (including phenoxy) is 1. The monoisotopic (exact) mass is 656 g/mol. The lowest BCUT2D eigenvalue weighted by Gasteiger charge is -2.34. The van der Waals surface area contributed by atoms with Crippen molar-refractivity contribution in [3.63, 3.8) is 0 Å². The molecule has 7 rings (SSSR count). The number of para-hydroxylation sites is 4. The molecule has 0 spiro atoms. The maximum absolute atomic E-state index is 15.5. The summed E-state index contributed by atoms with van der Waals surface area (Å²) in [6.07, 6.45) is 1.87. The Bertz CT molecular complexity index is 2130. The molecule has 1 N–H and O–H groups in total. The van der Waals surface area contributed by atoms with Gasteiger partial charge in [0.05, 0.1) is 35.1 Å². The number of imidazole rings is 1. The zero-order valence-electron chi connectivity index (χ0n) is 27.5. The molecule has 49 heavy (non-hydrogen) atoms. The number of fused-ring (bicyclic) bond motifs is 2. The summed E-state index contributed by atoms with van der Waals surface area (Å²) >= 11 is 0. The number of pyridine rings is 1. The van der Waals surface area contributed by atoms with Gasteiger partial charge < -0.3 is 9.30 Å². The fourth-order valence-corrected chi connectivity index (χ4v) is 6.89. The summed E-state index contributed by atoms with van der Waals surface area (Å²) < 4.78 is 22.9. The van der Waals surface area contributed by atoms with E-state index in [0.29, 0.717) is 34.9 Å². The van der Waals surface area contributed by atoms with E-state index in [9.17, 15) is 9.59 Å². The van der Waals surface area contributed by atoms with Gasteiger partial charge in [0, 0.05) is 48.6 Å². The predicted molar refractivity (Wildman–Crippen MR) is 189 cm³/mol. The first-order valence-corrected chi connectivity index (χ1v) is 16.6. The molecular formula is C39H37FN6O3. The van der Waals surface area contributed by atoms with E-state index in [4.69, 9.17) is 14.7 Å². The number of hydrogen-bond donors (Lipinski definition) is 1. The van der Waals surface area contributed by atoms with Crippen molar-refractivity contribution in [3.05, 3.63) is 126 Å². The minimum atomic E-state index is -0.769. The minimum absolute atomic E-state index is 0.0809. The van der Waals surface area contributed by atoms with Crippen molar-refractivity contribution in [3.8, 4) is 11.3 Å². The summed E-state index contributed by atoms with van der Waals surface area (Å²) in [5.74, 6) is -0.0330. The Hall–Kier alpha value is -5.61. The fourth-order valence-electron chi connectivity index (χ4n) is 6.89. The quantitative estimate of drug-likeness (QED) is 0.177. The Balaban J connectivity index is 1.29. The molecule has 6 aromatic rings. The van der Waals surface area contributed by atoms with Crippen LogP contribution in [0.5, 0.6) is 0 Å². The highest BCUT2D eigenvalue weighted by Crippen LogP contribution is 2.35. The van der Waals surface area contributed by atoms with Gasteiger partial charge in [-0.3, -0.25) is 15.1 Å². The van der Waals surface area contributed by atoms with E-state index in [2.05, 4.69) is 40.0 Å². The zero-order valence-corrected chi connectivity index (χ0v) is 27.5. The first-order chi connectivity index (χ1) is 24.0. The molecule has 0 atom stereocenters. The first kappa shape index (κ1) is 32.0. The average Bonchev–Trinajstić information content (AvgIpc) is 3.53. The van der Waals surface area contributed by atoms with Gasteiger partial charge in [-0.2, -0.15) is 5.01 Å². The van der Waals surface area contributed by atoms with Crippen LogP contribution < -0.4 is 10.4 Å². The van der Waals surface area contributed by atoms with Crippen LogP contribution in [0.15, 0.2) is 103 Å². The number of likely N-dealkylation sites (tertiary alicyclic amines) is 1. The lowest BCUT2D eigenvalue weighted by Crippen LogP contribution is -2.47. The fraction of sp³-hybridized carbons (Fsp3) is 0.231. The number of aryl methyl sites for hydroxylation is 1. The van der Waals surface area contributed by atoms with E-state index in [0.717, 1.165) is 59.8 Å².